The molecule has 120 valence electrons. The van der Waals surface area contributed by atoms with Crippen molar-refractivity contribution in [2.75, 3.05) is 31.1 Å². The summed E-state index contributed by atoms with van der Waals surface area (Å²) in [5.74, 6) is -0.558. The molecule has 1 saturated heterocycles. The third-order valence-corrected chi connectivity index (χ3v) is 3.68. The third kappa shape index (κ3) is 3.35. The highest BCUT2D eigenvalue weighted by atomic mass is 19.1. The molecule has 1 aromatic rings. The Morgan fingerprint density at radius 2 is 1.82 bits per heavy atom. The van der Waals surface area contributed by atoms with Gasteiger partial charge in [-0.05, 0) is 12.1 Å². The van der Waals surface area contributed by atoms with E-state index in [9.17, 15) is 19.3 Å². The van der Waals surface area contributed by atoms with Crippen molar-refractivity contribution in [1.29, 1.82) is 0 Å². The molecule has 0 bridgehead atoms. The van der Waals surface area contributed by atoms with Crippen molar-refractivity contribution in [3.8, 4) is 0 Å². The molecule has 1 aliphatic rings. The third-order valence-electron chi connectivity index (χ3n) is 3.68. The average Bonchev–Trinajstić information content (AvgIpc) is 2.45. The van der Waals surface area contributed by atoms with Gasteiger partial charge in [-0.2, -0.15) is 0 Å². The molecule has 1 aliphatic heterocycles. The number of piperazine rings is 1. The molecule has 6 nitrogen and oxygen atoms in total. The minimum absolute atomic E-state index is 0.0701. The van der Waals surface area contributed by atoms with Crippen LogP contribution in [0.4, 0.5) is 15.8 Å². The van der Waals surface area contributed by atoms with Gasteiger partial charge in [-0.1, -0.05) is 20.8 Å². The number of hydrogen-bond acceptors (Lipinski definition) is 4. The number of halogens is 1. The molecule has 22 heavy (non-hydrogen) atoms. The maximum Gasteiger partial charge on any atom is 0.295 e. The van der Waals surface area contributed by atoms with Crippen LogP contribution >= 0.6 is 0 Å². The van der Waals surface area contributed by atoms with E-state index in [1.54, 1.807) is 4.90 Å². The van der Waals surface area contributed by atoms with Crippen LogP contribution in [0.15, 0.2) is 18.2 Å². The molecule has 0 aromatic heterocycles. The van der Waals surface area contributed by atoms with E-state index in [2.05, 4.69) is 0 Å². The molecule has 0 saturated carbocycles. The number of carbonyl (C=O) groups is 1. The number of carbonyl (C=O) groups excluding carboxylic acids is 1. The predicted molar refractivity (Wildman–Crippen MR) is 81.3 cm³/mol. The normalized spacial score (nSPS) is 15.8. The Balaban J connectivity index is 2.13. The summed E-state index contributed by atoms with van der Waals surface area (Å²) >= 11 is 0. The van der Waals surface area contributed by atoms with Crippen LogP contribution in [0.25, 0.3) is 0 Å². The first-order valence-corrected chi connectivity index (χ1v) is 7.18. The predicted octanol–water partition coefficient (Wildman–Crippen LogP) is 2.43. The Kier molecular flexibility index (Phi) is 4.35. The summed E-state index contributed by atoms with van der Waals surface area (Å²) in [6, 6.07) is 3.58. The van der Waals surface area contributed by atoms with Crippen LogP contribution in [0.1, 0.15) is 20.8 Å². The lowest BCUT2D eigenvalue weighted by molar-refractivity contribution is -0.384. The molecule has 1 heterocycles. The zero-order valence-corrected chi connectivity index (χ0v) is 13.0. The lowest BCUT2D eigenvalue weighted by Crippen LogP contribution is -2.51. The standard InChI is InChI=1S/C15H20FN3O3/c1-15(2,3)14(20)18-8-6-17(7-9-18)12-5-4-11(16)10-13(12)19(21)22/h4-5,10H,6-9H2,1-3H3. The highest BCUT2D eigenvalue weighted by molar-refractivity contribution is 5.81. The van der Waals surface area contributed by atoms with Crippen LogP contribution in [-0.2, 0) is 4.79 Å². The molecule has 1 fully saturated rings. The topological polar surface area (TPSA) is 66.7 Å². The second-order valence-corrected chi connectivity index (χ2v) is 6.42. The van der Waals surface area contributed by atoms with E-state index in [1.165, 1.54) is 12.1 Å². The largest absolute Gasteiger partial charge is 0.362 e. The number of nitro groups is 1. The van der Waals surface area contributed by atoms with Gasteiger partial charge < -0.3 is 9.80 Å². The maximum atomic E-state index is 13.2. The SMILES string of the molecule is CC(C)(C)C(=O)N1CCN(c2ccc(F)cc2[N+](=O)[O-])CC1. The molecular formula is C15H20FN3O3. The Labute approximate surface area is 128 Å². The van der Waals surface area contributed by atoms with E-state index in [-0.39, 0.29) is 11.6 Å². The van der Waals surface area contributed by atoms with Gasteiger partial charge in [0.2, 0.25) is 5.91 Å². The Morgan fingerprint density at radius 1 is 1.23 bits per heavy atom. The molecule has 0 radical (unpaired) electrons. The summed E-state index contributed by atoms with van der Waals surface area (Å²) in [5.41, 5.74) is -0.283. The minimum Gasteiger partial charge on any atom is -0.362 e. The summed E-state index contributed by atoms with van der Waals surface area (Å²) in [6.45, 7) is 7.60. The molecule has 0 spiro atoms. The van der Waals surface area contributed by atoms with Gasteiger partial charge in [0.05, 0.1) is 11.0 Å². The summed E-state index contributed by atoms with van der Waals surface area (Å²) in [5, 5.41) is 11.1. The lowest BCUT2D eigenvalue weighted by Gasteiger charge is -2.38. The summed E-state index contributed by atoms with van der Waals surface area (Å²) in [4.78, 5) is 26.3. The smallest absolute Gasteiger partial charge is 0.295 e. The fourth-order valence-electron chi connectivity index (χ4n) is 2.54. The van der Waals surface area contributed by atoms with Crippen molar-refractivity contribution in [2.24, 2.45) is 5.41 Å². The number of hydrogen-bond donors (Lipinski definition) is 0. The van der Waals surface area contributed by atoms with Crippen molar-refractivity contribution < 1.29 is 14.1 Å². The van der Waals surface area contributed by atoms with Crippen molar-refractivity contribution >= 4 is 17.3 Å². The van der Waals surface area contributed by atoms with Gasteiger partial charge in [0, 0.05) is 31.6 Å². The summed E-state index contributed by atoms with van der Waals surface area (Å²) < 4.78 is 13.2. The molecule has 0 N–H and O–H groups in total. The van der Waals surface area contributed by atoms with Gasteiger partial charge >= 0.3 is 0 Å². The second kappa shape index (κ2) is 5.90. The molecular weight excluding hydrogens is 289 g/mol. The quantitative estimate of drug-likeness (QED) is 0.621. The van der Waals surface area contributed by atoms with Crippen LogP contribution in [0.3, 0.4) is 0 Å². The highest BCUT2D eigenvalue weighted by Crippen LogP contribution is 2.30. The van der Waals surface area contributed by atoms with E-state index in [4.69, 9.17) is 0 Å². The minimum atomic E-state index is -0.628. The van der Waals surface area contributed by atoms with Crippen molar-refractivity contribution in [2.45, 2.75) is 20.8 Å². The monoisotopic (exact) mass is 309 g/mol. The fourth-order valence-corrected chi connectivity index (χ4v) is 2.54. The van der Waals surface area contributed by atoms with E-state index < -0.39 is 16.2 Å². The summed E-state index contributed by atoms with van der Waals surface area (Å²) in [6.07, 6.45) is 0. The van der Waals surface area contributed by atoms with Gasteiger partial charge in [0.15, 0.2) is 0 Å². The second-order valence-electron chi connectivity index (χ2n) is 6.42. The van der Waals surface area contributed by atoms with Crippen molar-refractivity contribution in [1.82, 2.24) is 4.90 Å². The molecule has 7 heteroatoms. The number of amides is 1. The van der Waals surface area contributed by atoms with Crippen LogP contribution in [-0.4, -0.2) is 41.9 Å². The number of benzene rings is 1. The molecule has 1 aromatic carbocycles. The van der Waals surface area contributed by atoms with Crippen LogP contribution in [0.5, 0.6) is 0 Å². The van der Waals surface area contributed by atoms with E-state index >= 15 is 0 Å². The first-order chi connectivity index (χ1) is 10.2. The molecule has 0 aliphatic carbocycles. The first-order valence-electron chi connectivity index (χ1n) is 7.18. The van der Waals surface area contributed by atoms with Gasteiger partial charge in [-0.15, -0.1) is 0 Å². The van der Waals surface area contributed by atoms with E-state index in [1.807, 2.05) is 25.7 Å². The fraction of sp³-hybridized carbons (Fsp3) is 0.533. The highest BCUT2D eigenvalue weighted by Gasteiger charge is 2.31. The zero-order valence-electron chi connectivity index (χ0n) is 13.0. The molecule has 0 atom stereocenters. The number of anilines is 1. The van der Waals surface area contributed by atoms with Crippen LogP contribution in [0, 0.1) is 21.3 Å². The number of rotatable bonds is 2. The van der Waals surface area contributed by atoms with Crippen molar-refractivity contribution in [3.63, 3.8) is 0 Å². The van der Waals surface area contributed by atoms with Gasteiger partial charge in [-0.25, -0.2) is 4.39 Å². The van der Waals surface area contributed by atoms with Crippen LogP contribution < -0.4 is 4.90 Å². The molecule has 0 unspecified atom stereocenters. The molecule has 1 amide bonds. The van der Waals surface area contributed by atoms with Crippen LogP contribution in [0.2, 0.25) is 0 Å². The van der Waals surface area contributed by atoms with E-state index in [0.717, 1.165) is 6.07 Å². The average molecular weight is 309 g/mol. The van der Waals surface area contributed by atoms with Crippen molar-refractivity contribution in [3.05, 3.63) is 34.1 Å². The number of nitro benzene ring substituents is 1. The zero-order chi connectivity index (χ0) is 16.5. The Morgan fingerprint density at radius 3 is 2.32 bits per heavy atom. The Hall–Kier alpha value is -2.18. The van der Waals surface area contributed by atoms with Gasteiger partial charge in [0.25, 0.3) is 5.69 Å². The number of nitrogens with zero attached hydrogens (tertiary/aromatic N) is 3. The maximum absolute atomic E-state index is 13.2. The summed E-state index contributed by atoms with van der Waals surface area (Å²) in [7, 11) is 0. The lowest BCUT2D eigenvalue weighted by atomic mass is 9.94. The van der Waals surface area contributed by atoms with Gasteiger partial charge in [-0.3, -0.25) is 14.9 Å². The first kappa shape index (κ1) is 16.2. The Bertz CT molecular complexity index is 590. The van der Waals surface area contributed by atoms with Gasteiger partial charge in [0.1, 0.15) is 11.5 Å². The van der Waals surface area contributed by atoms with E-state index in [0.29, 0.717) is 31.9 Å². The molecule has 2 rings (SSSR count).